The van der Waals surface area contributed by atoms with Gasteiger partial charge in [0.2, 0.25) is 0 Å². The molecular formula is C13H17NO. The minimum atomic E-state index is 0.416. The van der Waals surface area contributed by atoms with E-state index in [1.54, 1.807) is 0 Å². The molecule has 2 aromatic heterocycles. The van der Waals surface area contributed by atoms with Crippen LogP contribution in [0.25, 0.3) is 11.1 Å². The van der Waals surface area contributed by atoms with Crippen molar-refractivity contribution >= 4 is 11.1 Å². The van der Waals surface area contributed by atoms with Gasteiger partial charge in [0.05, 0.1) is 0 Å². The summed E-state index contributed by atoms with van der Waals surface area (Å²) >= 11 is 0. The van der Waals surface area contributed by atoms with E-state index in [4.69, 9.17) is 4.42 Å². The van der Waals surface area contributed by atoms with Crippen molar-refractivity contribution < 1.29 is 4.42 Å². The summed E-state index contributed by atoms with van der Waals surface area (Å²) in [5.74, 6) is 1.44. The van der Waals surface area contributed by atoms with Crippen molar-refractivity contribution in [3.8, 4) is 0 Å². The van der Waals surface area contributed by atoms with Gasteiger partial charge >= 0.3 is 0 Å². The lowest BCUT2D eigenvalue weighted by atomic mass is 10.1. The van der Waals surface area contributed by atoms with E-state index >= 15 is 0 Å². The molecule has 2 aromatic rings. The number of nitrogens with zero attached hydrogens (tertiary/aromatic N) is 1. The minimum Gasteiger partial charge on any atom is -0.459 e. The second-order valence-electron chi connectivity index (χ2n) is 4.47. The highest BCUT2D eigenvalue weighted by molar-refractivity contribution is 5.78. The van der Waals surface area contributed by atoms with Gasteiger partial charge in [0, 0.05) is 17.7 Å². The van der Waals surface area contributed by atoms with Crippen molar-refractivity contribution in [3.63, 3.8) is 0 Å². The van der Waals surface area contributed by atoms with Crippen molar-refractivity contribution in [1.29, 1.82) is 0 Å². The number of pyridine rings is 1. The first-order chi connectivity index (χ1) is 7.00. The normalized spacial score (nSPS) is 11.6. The van der Waals surface area contributed by atoms with Gasteiger partial charge in [0.15, 0.2) is 5.58 Å². The summed E-state index contributed by atoms with van der Waals surface area (Å²) in [6, 6.07) is 2.06. The second-order valence-corrected chi connectivity index (χ2v) is 4.47. The molecule has 0 saturated carbocycles. The summed E-state index contributed by atoms with van der Waals surface area (Å²) in [7, 11) is 0. The summed E-state index contributed by atoms with van der Waals surface area (Å²) in [4.78, 5) is 4.55. The van der Waals surface area contributed by atoms with Gasteiger partial charge in [-0.05, 0) is 31.9 Å². The van der Waals surface area contributed by atoms with E-state index in [9.17, 15) is 0 Å². The maximum atomic E-state index is 5.83. The molecule has 0 saturated heterocycles. The Morgan fingerprint density at radius 3 is 2.40 bits per heavy atom. The number of aromatic nitrogens is 1. The highest BCUT2D eigenvalue weighted by Gasteiger charge is 2.12. The Labute approximate surface area is 90.3 Å². The maximum Gasteiger partial charge on any atom is 0.155 e. The minimum absolute atomic E-state index is 0.416. The molecule has 2 nitrogen and oxygen atoms in total. The zero-order valence-corrected chi connectivity index (χ0v) is 10.0. The largest absolute Gasteiger partial charge is 0.459 e. The van der Waals surface area contributed by atoms with Crippen LogP contribution in [-0.4, -0.2) is 4.98 Å². The molecule has 0 radical (unpaired) electrons. The van der Waals surface area contributed by atoms with Crippen LogP contribution in [0.1, 0.15) is 42.3 Å². The predicted molar refractivity (Wildman–Crippen MR) is 62.3 cm³/mol. The van der Waals surface area contributed by atoms with Gasteiger partial charge in [-0.1, -0.05) is 13.8 Å². The van der Waals surface area contributed by atoms with Crippen LogP contribution in [0.15, 0.2) is 10.5 Å². The Balaban J connectivity index is 2.76. The highest BCUT2D eigenvalue weighted by atomic mass is 16.3. The third-order valence-electron chi connectivity index (χ3n) is 3.03. The van der Waals surface area contributed by atoms with E-state index < -0.39 is 0 Å². The van der Waals surface area contributed by atoms with Crippen LogP contribution in [-0.2, 0) is 0 Å². The molecule has 0 fully saturated rings. The zero-order valence-electron chi connectivity index (χ0n) is 10.0. The molecule has 80 valence electrons. The summed E-state index contributed by atoms with van der Waals surface area (Å²) in [5, 5.41) is 0. The Hall–Kier alpha value is -1.31. The van der Waals surface area contributed by atoms with E-state index in [2.05, 4.69) is 38.7 Å². The fourth-order valence-electron chi connectivity index (χ4n) is 1.74. The first kappa shape index (κ1) is 10.2. The number of hydrogen-bond donors (Lipinski definition) is 0. The molecule has 2 heteroatoms. The molecule has 0 amide bonds. The highest BCUT2D eigenvalue weighted by Crippen LogP contribution is 2.28. The van der Waals surface area contributed by atoms with Gasteiger partial charge < -0.3 is 4.42 Å². The number of aryl methyl sites for hydroxylation is 2. The molecule has 0 aliphatic heterocycles. The average Bonchev–Trinajstić information content (AvgIpc) is 2.58. The Kier molecular flexibility index (Phi) is 2.29. The first-order valence-electron chi connectivity index (χ1n) is 5.38. The van der Waals surface area contributed by atoms with Crippen molar-refractivity contribution in [2.24, 2.45) is 0 Å². The lowest BCUT2D eigenvalue weighted by molar-refractivity contribution is 0.520. The molecule has 2 rings (SSSR count). The van der Waals surface area contributed by atoms with Crippen LogP contribution < -0.4 is 0 Å². The topological polar surface area (TPSA) is 26.0 Å². The quantitative estimate of drug-likeness (QED) is 0.703. The average molecular weight is 203 g/mol. The fourth-order valence-corrected chi connectivity index (χ4v) is 1.74. The molecule has 0 aliphatic rings. The van der Waals surface area contributed by atoms with Crippen molar-refractivity contribution in [2.75, 3.05) is 0 Å². The van der Waals surface area contributed by atoms with E-state index in [1.807, 2.05) is 6.92 Å². The molecule has 15 heavy (non-hydrogen) atoms. The first-order valence-corrected chi connectivity index (χ1v) is 5.38. The summed E-state index contributed by atoms with van der Waals surface area (Å²) in [6.07, 6.45) is 0. The van der Waals surface area contributed by atoms with Crippen molar-refractivity contribution in [3.05, 3.63) is 28.6 Å². The number of hydrogen-bond acceptors (Lipinski definition) is 2. The monoisotopic (exact) mass is 203 g/mol. The standard InChI is InChI=1S/C13H17NO/c1-7(2)12-6-11-13(15-12)9(4)8(3)10(5)14-11/h6-7H,1-5H3. The van der Waals surface area contributed by atoms with Gasteiger partial charge in [-0.15, -0.1) is 0 Å². The van der Waals surface area contributed by atoms with Gasteiger partial charge in [0.1, 0.15) is 11.3 Å². The molecule has 0 N–H and O–H groups in total. The summed E-state index contributed by atoms with van der Waals surface area (Å²) in [6.45, 7) is 10.5. The van der Waals surface area contributed by atoms with E-state index in [0.29, 0.717) is 5.92 Å². The molecule has 0 aromatic carbocycles. The number of fused-ring (bicyclic) bond motifs is 1. The van der Waals surface area contributed by atoms with E-state index in [1.165, 1.54) is 11.1 Å². The molecule has 0 aliphatic carbocycles. The zero-order chi connectivity index (χ0) is 11.2. The van der Waals surface area contributed by atoms with Crippen LogP contribution in [0.3, 0.4) is 0 Å². The summed E-state index contributed by atoms with van der Waals surface area (Å²) in [5.41, 5.74) is 5.47. The Morgan fingerprint density at radius 1 is 1.13 bits per heavy atom. The van der Waals surface area contributed by atoms with Crippen molar-refractivity contribution in [1.82, 2.24) is 4.98 Å². The van der Waals surface area contributed by atoms with Gasteiger partial charge in [0.25, 0.3) is 0 Å². The van der Waals surface area contributed by atoms with Gasteiger partial charge in [-0.3, -0.25) is 0 Å². The second kappa shape index (κ2) is 3.37. The van der Waals surface area contributed by atoms with Crippen LogP contribution >= 0.6 is 0 Å². The number of furan rings is 1. The Morgan fingerprint density at radius 2 is 1.80 bits per heavy atom. The lowest BCUT2D eigenvalue weighted by Crippen LogP contribution is -1.90. The van der Waals surface area contributed by atoms with E-state index in [0.717, 1.165) is 22.6 Å². The third-order valence-corrected chi connectivity index (χ3v) is 3.03. The van der Waals surface area contributed by atoms with Crippen LogP contribution in [0.4, 0.5) is 0 Å². The maximum absolute atomic E-state index is 5.83. The molecule has 0 bridgehead atoms. The van der Waals surface area contributed by atoms with Crippen LogP contribution in [0.2, 0.25) is 0 Å². The SMILES string of the molecule is Cc1nc2cc(C(C)C)oc2c(C)c1C. The Bertz CT molecular complexity index is 509. The smallest absolute Gasteiger partial charge is 0.155 e. The van der Waals surface area contributed by atoms with Gasteiger partial charge in [-0.25, -0.2) is 4.98 Å². The van der Waals surface area contributed by atoms with Crippen molar-refractivity contribution in [2.45, 2.75) is 40.5 Å². The number of rotatable bonds is 1. The molecule has 0 spiro atoms. The third kappa shape index (κ3) is 1.54. The fraction of sp³-hybridized carbons (Fsp3) is 0.462. The van der Waals surface area contributed by atoms with Crippen LogP contribution in [0, 0.1) is 20.8 Å². The summed E-state index contributed by atoms with van der Waals surface area (Å²) < 4.78 is 5.83. The molecule has 0 atom stereocenters. The molecule has 2 heterocycles. The van der Waals surface area contributed by atoms with E-state index in [-0.39, 0.29) is 0 Å². The predicted octanol–water partition coefficient (Wildman–Crippen LogP) is 3.88. The lowest BCUT2D eigenvalue weighted by Gasteiger charge is -2.03. The molecule has 0 unspecified atom stereocenters. The molecular weight excluding hydrogens is 186 g/mol. The van der Waals surface area contributed by atoms with Gasteiger partial charge in [-0.2, -0.15) is 0 Å². The van der Waals surface area contributed by atoms with Crippen LogP contribution in [0.5, 0.6) is 0 Å².